The lowest BCUT2D eigenvalue weighted by Gasteiger charge is -2.19. The molecule has 86 heavy (non-hydrogen) atoms. The van der Waals surface area contributed by atoms with E-state index in [4.69, 9.17) is 0 Å². The van der Waals surface area contributed by atoms with Crippen molar-refractivity contribution >= 4 is 114 Å². The molecule has 0 aliphatic heterocycles. The van der Waals surface area contributed by atoms with Crippen LogP contribution in [0.2, 0.25) is 0 Å². The number of rotatable bonds is 7. The molecule has 0 heterocycles. The van der Waals surface area contributed by atoms with Gasteiger partial charge in [0.15, 0.2) is 5.78 Å². The van der Waals surface area contributed by atoms with Gasteiger partial charge in [-0.3, -0.25) is 4.79 Å². The van der Waals surface area contributed by atoms with Crippen LogP contribution in [0.5, 0.6) is 0 Å². The summed E-state index contributed by atoms with van der Waals surface area (Å²) in [5, 5.41) is 25.5. The number of hydrogen-bond acceptors (Lipinski definition) is 1. The predicted molar refractivity (Wildman–Crippen MR) is 367 cm³/mol. The maximum absolute atomic E-state index is 13.6. The fourth-order valence-corrected chi connectivity index (χ4v) is 14.2. The zero-order valence-corrected chi connectivity index (χ0v) is 46.9. The third kappa shape index (κ3) is 7.97. The molecule has 1 heteroatoms. The van der Waals surface area contributed by atoms with E-state index in [1.165, 1.54) is 152 Å². The summed E-state index contributed by atoms with van der Waals surface area (Å²) < 4.78 is 0. The minimum absolute atomic E-state index is 0.0314. The van der Waals surface area contributed by atoms with Gasteiger partial charge in [-0.05, 0) is 163 Å². The van der Waals surface area contributed by atoms with E-state index < -0.39 is 0 Å². The van der Waals surface area contributed by atoms with Gasteiger partial charge in [0.2, 0.25) is 0 Å². The Balaban J connectivity index is 0.000000136. The highest BCUT2D eigenvalue weighted by molar-refractivity contribution is 6.28. The number of hydrogen-bond donors (Lipinski definition) is 0. The summed E-state index contributed by atoms with van der Waals surface area (Å²) in [6, 6.07) is 113. The van der Waals surface area contributed by atoms with Crippen LogP contribution in [0.4, 0.5) is 0 Å². The van der Waals surface area contributed by atoms with Crippen molar-refractivity contribution in [1.29, 1.82) is 0 Å². The van der Waals surface area contributed by atoms with Crippen LogP contribution in [0.1, 0.15) is 15.9 Å². The molecule has 0 unspecified atom stereocenters. The fraction of sp³-hybridized carbons (Fsp3) is 0. The van der Waals surface area contributed by atoms with Gasteiger partial charge in [0.25, 0.3) is 0 Å². The lowest BCUT2D eigenvalue weighted by Crippen LogP contribution is -2.01. The molecule has 0 aromatic heterocycles. The molecule has 18 rings (SSSR count). The summed E-state index contributed by atoms with van der Waals surface area (Å²) in [6.07, 6.45) is 0. The summed E-state index contributed by atoms with van der Waals surface area (Å²) in [5.41, 5.74) is 13.6. The second-order valence-corrected chi connectivity index (χ2v) is 22.9. The quantitative estimate of drug-likeness (QED) is 0.0883. The zero-order valence-electron chi connectivity index (χ0n) is 46.9. The molecule has 0 amide bonds. The van der Waals surface area contributed by atoms with Crippen LogP contribution in [0.3, 0.4) is 0 Å². The highest BCUT2D eigenvalue weighted by Gasteiger charge is 2.20. The van der Waals surface area contributed by atoms with Crippen molar-refractivity contribution in [3.63, 3.8) is 0 Å². The molecular formula is C85H52O. The van der Waals surface area contributed by atoms with E-state index in [-0.39, 0.29) is 5.78 Å². The van der Waals surface area contributed by atoms with E-state index in [2.05, 4.69) is 291 Å². The maximum atomic E-state index is 13.6. The molecule has 18 aromatic carbocycles. The number of fused-ring (bicyclic) bond motifs is 4. The van der Waals surface area contributed by atoms with Crippen LogP contribution in [0.15, 0.2) is 315 Å². The first kappa shape index (κ1) is 49.4. The molecule has 1 nitrogen and oxygen atoms in total. The topological polar surface area (TPSA) is 17.1 Å². The summed E-state index contributed by atoms with van der Waals surface area (Å²) in [6.45, 7) is 0. The van der Waals surface area contributed by atoms with Crippen molar-refractivity contribution in [3.05, 3.63) is 327 Å². The Morgan fingerprint density at radius 2 is 0.465 bits per heavy atom. The summed E-state index contributed by atoms with van der Waals surface area (Å²) in [5.74, 6) is 0.0314. The SMILES string of the molecule is O=C(c1ccc(-c2ccc3ccc4cccc5ccc2c3c45)cc1)c1ccc(-c2ccc3ccc4cccc5ccc2c3c45)cc1.c1ccc2c(-c3ccc(-c4c5ccccc5c(-c5cccc6ccccc56)c5ccccc45)cc3)cccc2c1. The van der Waals surface area contributed by atoms with Crippen LogP contribution >= 0.6 is 0 Å². The second-order valence-electron chi connectivity index (χ2n) is 22.9. The molecule has 398 valence electrons. The van der Waals surface area contributed by atoms with Gasteiger partial charge in [0.05, 0.1) is 0 Å². The largest absolute Gasteiger partial charge is 0.289 e. The van der Waals surface area contributed by atoms with E-state index in [0.717, 1.165) is 11.1 Å². The summed E-state index contributed by atoms with van der Waals surface area (Å²) in [7, 11) is 0. The Hall–Kier alpha value is -11.3. The standard InChI is InChI=1S/C45H26O.C40H26/c46-45(35-15-7-27(8-16-35)37-23-19-33-13-11-29-3-1-5-31-21-25-39(37)43(33)41(29)31)36-17-9-28(10-18-36)38-24-20-34-14-12-30-4-2-6-32-22-26-40(38)44(34)42(30)32;1-3-15-31-27(11-1)13-9-21-32(31)29-23-25-30(26-24-29)39-35-17-5-7-19-37(35)40(38-20-8-6-18-36(38)39)34-22-10-14-28-12-2-4-16-33(28)34/h1-26H;1-26H. The Kier molecular flexibility index (Phi) is 11.5. The molecule has 0 bridgehead atoms. The van der Waals surface area contributed by atoms with Crippen molar-refractivity contribution < 1.29 is 4.79 Å². The predicted octanol–water partition coefficient (Wildman–Crippen LogP) is 23.3. The minimum Gasteiger partial charge on any atom is -0.289 e. The molecule has 0 saturated carbocycles. The highest BCUT2D eigenvalue weighted by Crippen LogP contribution is 2.47. The van der Waals surface area contributed by atoms with E-state index in [1.54, 1.807) is 0 Å². The molecule has 0 atom stereocenters. The third-order valence-electron chi connectivity index (χ3n) is 18.2. The minimum atomic E-state index is 0.0314. The molecule has 18 aromatic rings. The van der Waals surface area contributed by atoms with Gasteiger partial charge in [-0.1, -0.05) is 315 Å². The lowest BCUT2D eigenvalue weighted by molar-refractivity contribution is 0.103. The smallest absolute Gasteiger partial charge is 0.193 e. The van der Waals surface area contributed by atoms with Crippen LogP contribution in [0, 0.1) is 0 Å². The molecule has 0 spiro atoms. The Bertz CT molecular complexity index is 5400. The van der Waals surface area contributed by atoms with Crippen molar-refractivity contribution in [1.82, 2.24) is 0 Å². The first-order valence-corrected chi connectivity index (χ1v) is 29.7. The number of ketones is 1. The Labute approximate surface area is 497 Å². The van der Waals surface area contributed by atoms with Gasteiger partial charge in [0, 0.05) is 11.1 Å². The van der Waals surface area contributed by atoms with Crippen LogP contribution < -0.4 is 0 Å². The molecule has 0 aliphatic rings. The van der Waals surface area contributed by atoms with Crippen LogP contribution in [-0.2, 0) is 0 Å². The first-order valence-electron chi connectivity index (χ1n) is 29.7. The van der Waals surface area contributed by atoms with Crippen LogP contribution in [-0.4, -0.2) is 5.78 Å². The Morgan fingerprint density at radius 1 is 0.174 bits per heavy atom. The average Bonchev–Trinajstić information content (AvgIpc) is 2.12. The zero-order chi connectivity index (χ0) is 56.8. The summed E-state index contributed by atoms with van der Waals surface area (Å²) in [4.78, 5) is 13.6. The molecular weight excluding hydrogens is 1040 g/mol. The fourth-order valence-electron chi connectivity index (χ4n) is 14.2. The number of carbonyl (C=O) groups is 1. The van der Waals surface area contributed by atoms with Crippen molar-refractivity contribution in [2.24, 2.45) is 0 Å². The second kappa shape index (κ2) is 20.0. The molecule has 0 fully saturated rings. The average molecular weight is 1090 g/mol. The lowest BCUT2D eigenvalue weighted by atomic mass is 9.84. The molecule has 0 saturated heterocycles. The van der Waals surface area contributed by atoms with Gasteiger partial charge in [0.1, 0.15) is 0 Å². The van der Waals surface area contributed by atoms with E-state index in [9.17, 15) is 4.79 Å². The maximum Gasteiger partial charge on any atom is 0.193 e. The van der Waals surface area contributed by atoms with Gasteiger partial charge < -0.3 is 0 Å². The monoisotopic (exact) mass is 1090 g/mol. The van der Waals surface area contributed by atoms with E-state index in [0.29, 0.717) is 11.1 Å². The normalized spacial score (nSPS) is 11.8. The van der Waals surface area contributed by atoms with E-state index in [1.807, 2.05) is 24.3 Å². The van der Waals surface area contributed by atoms with E-state index >= 15 is 0 Å². The Morgan fingerprint density at radius 3 is 0.919 bits per heavy atom. The first-order chi connectivity index (χ1) is 42.6. The van der Waals surface area contributed by atoms with Crippen molar-refractivity contribution in [2.45, 2.75) is 0 Å². The summed E-state index contributed by atoms with van der Waals surface area (Å²) >= 11 is 0. The van der Waals surface area contributed by atoms with Crippen molar-refractivity contribution in [3.8, 4) is 55.6 Å². The van der Waals surface area contributed by atoms with Crippen LogP contribution in [0.25, 0.3) is 163 Å². The molecule has 0 radical (unpaired) electrons. The van der Waals surface area contributed by atoms with Gasteiger partial charge in [-0.25, -0.2) is 0 Å². The highest BCUT2D eigenvalue weighted by atomic mass is 16.1. The number of carbonyl (C=O) groups excluding carboxylic acids is 1. The third-order valence-corrected chi connectivity index (χ3v) is 18.2. The number of benzene rings is 18. The van der Waals surface area contributed by atoms with Gasteiger partial charge >= 0.3 is 0 Å². The van der Waals surface area contributed by atoms with Gasteiger partial charge in [-0.15, -0.1) is 0 Å². The van der Waals surface area contributed by atoms with Gasteiger partial charge in [-0.2, -0.15) is 0 Å². The van der Waals surface area contributed by atoms with Crippen molar-refractivity contribution in [2.75, 3.05) is 0 Å². The molecule has 0 N–H and O–H groups in total. The molecule has 0 aliphatic carbocycles.